The molecular formula is C25H45BrO2. The number of unbranched alkanes of at least 4 members (excludes halogenated alkanes) is 9. The molecule has 0 N–H and O–H groups in total. The van der Waals surface area contributed by atoms with Gasteiger partial charge in [0.15, 0.2) is 0 Å². The van der Waals surface area contributed by atoms with Gasteiger partial charge < -0.3 is 4.74 Å². The summed E-state index contributed by atoms with van der Waals surface area (Å²) in [4.78, 5) is 13.1. The van der Waals surface area contributed by atoms with Crippen LogP contribution in [0.3, 0.4) is 0 Å². The molecule has 2 saturated carbocycles. The molecule has 0 bridgehead atoms. The van der Waals surface area contributed by atoms with Gasteiger partial charge in [-0.3, -0.25) is 4.79 Å². The Morgan fingerprint density at radius 2 is 1.18 bits per heavy atom. The van der Waals surface area contributed by atoms with Crippen molar-refractivity contribution in [2.45, 2.75) is 127 Å². The van der Waals surface area contributed by atoms with Gasteiger partial charge >= 0.3 is 5.97 Å². The third-order valence-corrected chi connectivity index (χ3v) is 8.13. The van der Waals surface area contributed by atoms with Crippen LogP contribution in [-0.2, 0) is 9.53 Å². The maximum absolute atomic E-state index is 12.4. The summed E-state index contributed by atoms with van der Waals surface area (Å²) in [6, 6.07) is 0. The lowest BCUT2D eigenvalue weighted by Gasteiger charge is -2.36. The Morgan fingerprint density at radius 3 is 1.71 bits per heavy atom. The van der Waals surface area contributed by atoms with E-state index < -0.39 is 0 Å². The van der Waals surface area contributed by atoms with Crippen LogP contribution in [0.25, 0.3) is 0 Å². The van der Waals surface area contributed by atoms with E-state index in [0.717, 1.165) is 35.9 Å². The van der Waals surface area contributed by atoms with Crippen LogP contribution in [-0.4, -0.2) is 17.4 Å². The van der Waals surface area contributed by atoms with Crippen molar-refractivity contribution in [2.24, 2.45) is 17.8 Å². The highest BCUT2D eigenvalue weighted by Crippen LogP contribution is 2.41. The number of ether oxygens (including phenoxy) is 1. The predicted molar refractivity (Wildman–Crippen MR) is 123 cm³/mol. The molecule has 0 aliphatic heterocycles. The number of carbonyl (C=O) groups excluding carboxylic acids is 1. The molecule has 0 aromatic heterocycles. The van der Waals surface area contributed by atoms with Gasteiger partial charge in [-0.1, -0.05) is 80.6 Å². The average Bonchev–Trinajstić information content (AvgIpc) is 2.72. The highest BCUT2D eigenvalue weighted by Gasteiger charge is 2.32. The first kappa shape index (κ1) is 24.2. The quantitative estimate of drug-likeness (QED) is 0.158. The molecule has 164 valence electrons. The van der Waals surface area contributed by atoms with Gasteiger partial charge in [-0.05, 0) is 69.6 Å². The average molecular weight is 458 g/mol. The first-order valence-electron chi connectivity index (χ1n) is 12.5. The van der Waals surface area contributed by atoms with Crippen LogP contribution >= 0.6 is 15.9 Å². The molecule has 0 spiro atoms. The number of hydrogen-bond acceptors (Lipinski definition) is 2. The minimum Gasteiger partial charge on any atom is -0.465 e. The summed E-state index contributed by atoms with van der Waals surface area (Å²) in [7, 11) is 0. The van der Waals surface area contributed by atoms with Crippen LogP contribution < -0.4 is 0 Å². The van der Waals surface area contributed by atoms with E-state index in [-0.39, 0.29) is 11.9 Å². The summed E-state index contributed by atoms with van der Waals surface area (Å²) in [5.74, 6) is 2.06. The lowest BCUT2D eigenvalue weighted by molar-refractivity contribution is -0.150. The Hall–Kier alpha value is -0.0500. The van der Waals surface area contributed by atoms with Gasteiger partial charge in [0.25, 0.3) is 0 Å². The van der Waals surface area contributed by atoms with E-state index in [4.69, 9.17) is 4.74 Å². The number of carbonyl (C=O) groups is 1. The van der Waals surface area contributed by atoms with E-state index in [0.29, 0.717) is 6.61 Å². The fraction of sp³-hybridized carbons (Fsp3) is 0.960. The molecule has 2 rings (SSSR count). The molecule has 0 aromatic rings. The monoisotopic (exact) mass is 456 g/mol. The maximum atomic E-state index is 12.4. The van der Waals surface area contributed by atoms with E-state index in [2.05, 4.69) is 22.9 Å². The molecule has 0 saturated heterocycles. The van der Waals surface area contributed by atoms with Crippen LogP contribution in [0.4, 0.5) is 0 Å². The molecule has 0 amide bonds. The van der Waals surface area contributed by atoms with Gasteiger partial charge in [0.05, 0.1) is 12.5 Å². The molecule has 28 heavy (non-hydrogen) atoms. The van der Waals surface area contributed by atoms with Crippen molar-refractivity contribution in [3.8, 4) is 0 Å². The van der Waals surface area contributed by atoms with E-state index in [1.807, 2.05) is 0 Å². The minimum absolute atomic E-state index is 0.0959. The number of esters is 1. The molecule has 2 aliphatic carbocycles. The second kappa shape index (κ2) is 14.9. The summed E-state index contributed by atoms with van der Waals surface area (Å²) in [5, 5.41) is 0. The predicted octanol–water partition coefficient (Wildman–Crippen LogP) is 8.21. The van der Waals surface area contributed by atoms with E-state index >= 15 is 0 Å². The number of rotatable bonds is 13. The maximum Gasteiger partial charge on any atom is 0.308 e. The zero-order valence-corrected chi connectivity index (χ0v) is 20.0. The van der Waals surface area contributed by atoms with E-state index in [9.17, 15) is 4.79 Å². The van der Waals surface area contributed by atoms with Crippen molar-refractivity contribution >= 4 is 21.9 Å². The standard InChI is InChI=1S/C25H45BrO2/c1-2-3-4-5-6-7-8-9-10-11-20-28-25(27)23-14-12-21(13-15-23)22-16-18-24(26)19-17-22/h21-24H,2-20H2,1H3. The lowest BCUT2D eigenvalue weighted by atomic mass is 9.71. The zero-order valence-electron chi connectivity index (χ0n) is 18.4. The molecule has 0 heterocycles. The smallest absolute Gasteiger partial charge is 0.308 e. The van der Waals surface area contributed by atoms with Gasteiger partial charge in [0, 0.05) is 4.83 Å². The second-order valence-electron chi connectivity index (χ2n) is 9.47. The molecular weight excluding hydrogens is 412 g/mol. The van der Waals surface area contributed by atoms with Gasteiger partial charge in [-0.15, -0.1) is 0 Å². The van der Waals surface area contributed by atoms with E-state index in [1.54, 1.807) is 0 Å². The second-order valence-corrected chi connectivity index (χ2v) is 10.8. The fourth-order valence-corrected chi connectivity index (χ4v) is 5.79. The van der Waals surface area contributed by atoms with Crippen LogP contribution in [0.15, 0.2) is 0 Å². The van der Waals surface area contributed by atoms with Crippen molar-refractivity contribution in [3.63, 3.8) is 0 Å². The zero-order chi connectivity index (χ0) is 20.0. The number of hydrogen-bond donors (Lipinski definition) is 0. The summed E-state index contributed by atoms with van der Waals surface area (Å²) < 4.78 is 5.60. The number of halogens is 1. The van der Waals surface area contributed by atoms with Gasteiger partial charge in [0.2, 0.25) is 0 Å². The van der Waals surface area contributed by atoms with Crippen molar-refractivity contribution in [1.82, 2.24) is 0 Å². The minimum atomic E-state index is 0.0959. The molecule has 2 aliphatic rings. The Morgan fingerprint density at radius 1 is 0.714 bits per heavy atom. The molecule has 0 unspecified atom stereocenters. The van der Waals surface area contributed by atoms with Crippen molar-refractivity contribution < 1.29 is 9.53 Å². The molecule has 0 atom stereocenters. The highest BCUT2D eigenvalue weighted by molar-refractivity contribution is 9.09. The lowest BCUT2D eigenvalue weighted by Crippen LogP contribution is -2.29. The highest BCUT2D eigenvalue weighted by atomic mass is 79.9. The van der Waals surface area contributed by atoms with Gasteiger partial charge in [-0.2, -0.15) is 0 Å². The van der Waals surface area contributed by atoms with Gasteiger partial charge in [-0.25, -0.2) is 0 Å². The first-order chi connectivity index (χ1) is 13.7. The molecule has 2 nitrogen and oxygen atoms in total. The first-order valence-corrected chi connectivity index (χ1v) is 13.4. The normalized spacial score (nSPS) is 28.2. The van der Waals surface area contributed by atoms with Crippen molar-refractivity contribution in [3.05, 3.63) is 0 Å². The Bertz CT molecular complexity index is 395. The van der Waals surface area contributed by atoms with Crippen LogP contribution in [0.5, 0.6) is 0 Å². The van der Waals surface area contributed by atoms with Gasteiger partial charge in [0.1, 0.15) is 0 Å². The fourth-order valence-electron chi connectivity index (χ4n) is 5.26. The summed E-state index contributed by atoms with van der Waals surface area (Å²) in [6.07, 6.45) is 23.3. The Kier molecular flexibility index (Phi) is 12.9. The van der Waals surface area contributed by atoms with Crippen molar-refractivity contribution in [1.29, 1.82) is 0 Å². The molecule has 3 heteroatoms. The molecule has 0 aromatic carbocycles. The topological polar surface area (TPSA) is 26.3 Å². The number of alkyl halides is 1. The largest absolute Gasteiger partial charge is 0.465 e. The molecule has 2 fully saturated rings. The van der Waals surface area contributed by atoms with Crippen molar-refractivity contribution in [2.75, 3.05) is 6.61 Å². The Balaban J connectivity index is 1.43. The third kappa shape index (κ3) is 9.63. The van der Waals surface area contributed by atoms with Crippen LogP contribution in [0.2, 0.25) is 0 Å². The van der Waals surface area contributed by atoms with E-state index in [1.165, 1.54) is 96.3 Å². The Labute approximate surface area is 183 Å². The molecule has 0 radical (unpaired) electrons. The third-order valence-electron chi connectivity index (χ3n) is 7.22. The van der Waals surface area contributed by atoms with Crippen LogP contribution in [0, 0.1) is 17.8 Å². The van der Waals surface area contributed by atoms with Crippen LogP contribution in [0.1, 0.15) is 122 Å². The summed E-state index contributed by atoms with van der Waals surface area (Å²) >= 11 is 3.77. The summed E-state index contributed by atoms with van der Waals surface area (Å²) in [5.41, 5.74) is 0. The SMILES string of the molecule is CCCCCCCCCCCCOC(=O)C1CCC(C2CCC(Br)CC2)CC1. The summed E-state index contributed by atoms with van der Waals surface area (Å²) in [6.45, 7) is 2.92.